The first-order valence-electron chi connectivity index (χ1n) is 7.76. The Bertz CT molecular complexity index is 797. The maximum atomic E-state index is 6.31. The second kappa shape index (κ2) is 5.00. The number of para-hydroxylation sites is 1. The van der Waals surface area contributed by atoms with Crippen molar-refractivity contribution in [2.45, 2.75) is 38.6 Å². The van der Waals surface area contributed by atoms with E-state index in [9.17, 15) is 0 Å². The van der Waals surface area contributed by atoms with E-state index in [-0.39, 0.29) is 6.04 Å². The predicted octanol–water partition coefficient (Wildman–Crippen LogP) is 4.79. The van der Waals surface area contributed by atoms with Crippen molar-refractivity contribution in [3.63, 3.8) is 0 Å². The summed E-state index contributed by atoms with van der Waals surface area (Å²) in [6.45, 7) is 2.20. The Kier molecular flexibility index (Phi) is 3.12. The number of hydrogen-bond acceptors (Lipinski definition) is 2. The van der Waals surface area contributed by atoms with Gasteiger partial charge in [-0.25, -0.2) is 0 Å². The van der Waals surface area contributed by atoms with E-state index in [1.807, 2.05) is 11.3 Å². The van der Waals surface area contributed by atoms with Crippen LogP contribution in [0.1, 0.15) is 41.1 Å². The summed E-state index contributed by atoms with van der Waals surface area (Å²) in [7, 11) is 0. The molecule has 0 saturated heterocycles. The van der Waals surface area contributed by atoms with Crippen LogP contribution in [0.2, 0.25) is 0 Å². The van der Waals surface area contributed by atoms with Crippen molar-refractivity contribution < 1.29 is 0 Å². The van der Waals surface area contributed by atoms with Crippen LogP contribution >= 0.6 is 11.3 Å². The minimum Gasteiger partial charge on any atom is -0.354 e. The van der Waals surface area contributed by atoms with Crippen LogP contribution in [0, 0.1) is 0 Å². The highest BCUT2D eigenvalue weighted by Gasteiger charge is 2.24. The first-order chi connectivity index (χ1) is 10.3. The molecule has 1 aromatic carbocycles. The van der Waals surface area contributed by atoms with E-state index in [1.165, 1.54) is 37.5 Å². The Labute approximate surface area is 129 Å². The number of fused-ring (bicyclic) bond motifs is 5. The Morgan fingerprint density at radius 3 is 3.00 bits per heavy atom. The van der Waals surface area contributed by atoms with Crippen molar-refractivity contribution in [2.24, 2.45) is 5.73 Å². The van der Waals surface area contributed by atoms with Crippen molar-refractivity contribution in [3.8, 4) is 11.3 Å². The first kappa shape index (κ1) is 13.1. The van der Waals surface area contributed by atoms with Gasteiger partial charge in [0.15, 0.2) is 0 Å². The van der Waals surface area contributed by atoms with E-state index < -0.39 is 0 Å². The molecule has 0 radical (unpaired) electrons. The smallest absolute Gasteiger partial charge is 0.0508 e. The molecule has 3 aromatic rings. The molecule has 1 aliphatic carbocycles. The number of aromatic amines is 1. The van der Waals surface area contributed by atoms with Gasteiger partial charge in [0.2, 0.25) is 0 Å². The summed E-state index contributed by atoms with van der Waals surface area (Å²) >= 11 is 1.91. The Morgan fingerprint density at radius 1 is 1.29 bits per heavy atom. The third-order valence-corrected chi connectivity index (χ3v) is 5.80. The van der Waals surface area contributed by atoms with E-state index in [4.69, 9.17) is 5.73 Å². The molecule has 0 bridgehead atoms. The summed E-state index contributed by atoms with van der Waals surface area (Å²) in [5, 5.41) is 1.38. The largest absolute Gasteiger partial charge is 0.354 e. The molecule has 4 rings (SSSR count). The molecule has 2 aromatic heterocycles. The van der Waals surface area contributed by atoms with E-state index in [1.54, 1.807) is 0 Å². The topological polar surface area (TPSA) is 41.8 Å². The average molecular weight is 296 g/mol. The Hall–Kier alpha value is -1.58. The van der Waals surface area contributed by atoms with E-state index in [2.05, 4.69) is 42.2 Å². The molecule has 1 aliphatic rings. The van der Waals surface area contributed by atoms with Crippen molar-refractivity contribution >= 4 is 22.2 Å². The van der Waals surface area contributed by atoms with Crippen molar-refractivity contribution in [1.29, 1.82) is 0 Å². The van der Waals surface area contributed by atoms with Gasteiger partial charge in [-0.05, 0) is 37.0 Å². The highest BCUT2D eigenvalue weighted by atomic mass is 32.1. The maximum absolute atomic E-state index is 6.31. The summed E-state index contributed by atoms with van der Waals surface area (Å²) in [5.74, 6) is 0. The molecule has 1 unspecified atom stereocenters. The summed E-state index contributed by atoms with van der Waals surface area (Å²) in [6.07, 6.45) is 4.49. The minimum atomic E-state index is 0.193. The van der Waals surface area contributed by atoms with Crippen LogP contribution in [0.15, 0.2) is 30.3 Å². The molecule has 21 heavy (non-hydrogen) atoms. The van der Waals surface area contributed by atoms with Gasteiger partial charge in [0, 0.05) is 32.3 Å². The lowest BCUT2D eigenvalue weighted by Gasteiger charge is -2.11. The third-order valence-electron chi connectivity index (χ3n) is 4.48. The van der Waals surface area contributed by atoms with E-state index in [0.29, 0.717) is 0 Å². The summed E-state index contributed by atoms with van der Waals surface area (Å²) in [6, 6.07) is 11.1. The standard InChI is InChI=1S/C18H20N2S/c1-2-5-14(19)17-10-13-16(21-17)9-8-12-11-6-3-4-7-15(11)20-18(12)13/h3-4,6-7,10,14,20H,2,5,8-9,19H2,1H3. The molecule has 0 aliphatic heterocycles. The maximum Gasteiger partial charge on any atom is 0.0508 e. The van der Waals surface area contributed by atoms with Gasteiger partial charge < -0.3 is 10.7 Å². The number of rotatable bonds is 3. The molecule has 0 amide bonds. The molecule has 2 nitrogen and oxygen atoms in total. The van der Waals surface area contributed by atoms with Crippen LogP contribution in [-0.2, 0) is 12.8 Å². The molecule has 0 fully saturated rings. The monoisotopic (exact) mass is 296 g/mol. The first-order valence-corrected chi connectivity index (χ1v) is 8.57. The second-order valence-corrected chi connectivity index (χ2v) is 7.07. The van der Waals surface area contributed by atoms with Crippen LogP contribution < -0.4 is 5.73 Å². The molecule has 108 valence electrons. The van der Waals surface area contributed by atoms with Gasteiger partial charge in [-0.3, -0.25) is 0 Å². The van der Waals surface area contributed by atoms with Crippen LogP contribution in [0.5, 0.6) is 0 Å². The van der Waals surface area contributed by atoms with Crippen LogP contribution in [-0.4, -0.2) is 4.98 Å². The van der Waals surface area contributed by atoms with Gasteiger partial charge in [-0.2, -0.15) is 0 Å². The lowest BCUT2D eigenvalue weighted by atomic mass is 9.94. The molecular weight excluding hydrogens is 276 g/mol. The molecule has 3 heteroatoms. The fourth-order valence-corrected chi connectivity index (χ4v) is 4.62. The Morgan fingerprint density at radius 2 is 2.14 bits per heavy atom. The van der Waals surface area contributed by atoms with E-state index in [0.717, 1.165) is 25.7 Å². The molecule has 0 saturated carbocycles. The minimum absolute atomic E-state index is 0.193. The molecule has 2 heterocycles. The zero-order valence-electron chi connectivity index (χ0n) is 12.3. The number of nitrogens with two attached hydrogens (primary N) is 1. The average Bonchev–Trinajstić information content (AvgIpc) is 3.08. The molecule has 0 spiro atoms. The van der Waals surface area contributed by atoms with Crippen molar-refractivity contribution in [2.75, 3.05) is 0 Å². The summed E-state index contributed by atoms with van der Waals surface area (Å²) in [4.78, 5) is 6.46. The molecular formula is C18H20N2S. The fraction of sp³-hybridized carbons (Fsp3) is 0.333. The van der Waals surface area contributed by atoms with Gasteiger partial charge in [-0.1, -0.05) is 31.5 Å². The Balaban J connectivity index is 1.84. The van der Waals surface area contributed by atoms with Gasteiger partial charge in [-0.15, -0.1) is 11.3 Å². The predicted molar refractivity (Wildman–Crippen MR) is 90.9 cm³/mol. The van der Waals surface area contributed by atoms with Gasteiger partial charge in [0.25, 0.3) is 0 Å². The number of aromatic nitrogens is 1. The van der Waals surface area contributed by atoms with Crippen LogP contribution in [0.3, 0.4) is 0 Å². The van der Waals surface area contributed by atoms with Gasteiger partial charge in [0.1, 0.15) is 0 Å². The lowest BCUT2D eigenvalue weighted by Crippen LogP contribution is -2.07. The number of thiophene rings is 1. The van der Waals surface area contributed by atoms with Gasteiger partial charge in [0.05, 0.1) is 5.69 Å². The summed E-state index contributed by atoms with van der Waals surface area (Å²) < 4.78 is 0. The van der Waals surface area contributed by atoms with Gasteiger partial charge >= 0.3 is 0 Å². The number of nitrogens with one attached hydrogen (secondary N) is 1. The highest BCUT2D eigenvalue weighted by molar-refractivity contribution is 7.12. The number of hydrogen-bond donors (Lipinski definition) is 2. The van der Waals surface area contributed by atoms with Crippen molar-refractivity contribution in [3.05, 3.63) is 45.6 Å². The zero-order chi connectivity index (χ0) is 14.4. The van der Waals surface area contributed by atoms with Crippen molar-refractivity contribution in [1.82, 2.24) is 4.98 Å². The number of benzene rings is 1. The third kappa shape index (κ3) is 2.03. The van der Waals surface area contributed by atoms with Crippen LogP contribution in [0.4, 0.5) is 0 Å². The van der Waals surface area contributed by atoms with E-state index >= 15 is 0 Å². The molecule has 3 N–H and O–H groups in total. The normalized spacial score (nSPS) is 15.0. The number of aryl methyl sites for hydroxylation is 2. The van der Waals surface area contributed by atoms with Crippen LogP contribution in [0.25, 0.3) is 22.2 Å². The quantitative estimate of drug-likeness (QED) is 0.716. The lowest BCUT2D eigenvalue weighted by molar-refractivity contribution is 0.648. The summed E-state index contributed by atoms with van der Waals surface area (Å²) in [5.41, 5.74) is 11.8. The SMILES string of the molecule is CCCC(N)c1cc2c(s1)CCc1c-2[nH]c2ccccc12. The fourth-order valence-electron chi connectivity index (χ4n) is 3.41. The second-order valence-electron chi connectivity index (χ2n) is 5.90. The zero-order valence-corrected chi connectivity index (χ0v) is 13.1. The molecule has 1 atom stereocenters. The highest BCUT2D eigenvalue weighted by Crippen LogP contribution is 2.42. The number of H-pyrrole nitrogens is 1.